The second-order valence-electron chi connectivity index (χ2n) is 6.71. The van der Waals surface area contributed by atoms with E-state index in [2.05, 4.69) is 10.6 Å². The SMILES string of the molecule is CNC(=O)CNC[C@@H]1CCCc2cc(S(=O)(=O)c3cccc(F)c3)ccc21. The van der Waals surface area contributed by atoms with E-state index in [9.17, 15) is 17.6 Å². The predicted molar refractivity (Wildman–Crippen MR) is 101 cm³/mol. The van der Waals surface area contributed by atoms with Crippen LogP contribution >= 0.6 is 0 Å². The van der Waals surface area contributed by atoms with E-state index in [4.69, 9.17) is 0 Å². The van der Waals surface area contributed by atoms with E-state index in [1.165, 1.54) is 18.2 Å². The number of rotatable bonds is 6. The third kappa shape index (κ3) is 4.36. The highest BCUT2D eigenvalue weighted by atomic mass is 32.2. The molecule has 1 aliphatic carbocycles. The van der Waals surface area contributed by atoms with E-state index in [-0.39, 0.29) is 28.2 Å². The summed E-state index contributed by atoms with van der Waals surface area (Å²) in [7, 11) is -2.15. The van der Waals surface area contributed by atoms with Crippen molar-refractivity contribution in [2.24, 2.45) is 0 Å². The van der Waals surface area contributed by atoms with E-state index in [1.807, 2.05) is 6.07 Å². The summed E-state index contributed by atoms with van der Waals surface area (Å²) < 4.78 is 39.1. The number of likely N-dealkylation sites (N-methyl/N-ethyl adjacent to an activating group) is 1. The van der Waals surface area contributed by atoms with Gasteiger partial charge in [-0.3, -0.25) is 4.79 Å². The first-order valence-corrected chi connectivity index (χ1v) is 10.4. The quantitative estimate of drug-likeness (QED) is 0.794. The van der Waals surface area contributed by atoms with Crippen LogP contribution in [0.25, 0.3) is 0 Å². The second-order valence-corrected chi connectivity index (χ2v) is 8.66. The molecule has 0 fully saturated rings. The number of sulfone groups is 1. The molecule has 7 heteroatoms. The van der Waals surface area contributed by atoms with Crippen molar-refractivity contribution in [1.29, 1.82) is 0 Å². The Morgan fingerprint density at radius 3 is 2.70 bits per heavy atom. The number of hydrogen-bond acceptors (Lipinski definition) is 4. The van der Waals surface area contributed by atoms with E-state index < -0.39 is 15.7 Å². The third-order valence-corrected chi connectivity index (χ3v) is 6.67. The first-order valence-electron chi connectivity index (χ1n) is 8.96. The van der Waals surface area contributed by atoms with Gasteiger partial charge in [-0.15, -0.1) is 0 Å². The van der Waals surface area contributed by atoms with Crippen molar-refractivity contribution in [2.45, 2.75) is 35.0 Å². The normalized spacial score (nSPS) is 16.6. The van der Waals surface area contributed by atoms with Gasteiger partial charge in [0.15, 0.2) is 0 Å². The van der Waals surface area contributed by atoms with Crippen LogP contribution in [0.3, 0.4) is 0 Å². The lowest BCUT2D eigenvalue weighted by molar-refractivity contribution is -0.119. The lowest BCUT2D eigenvalue weighted by atomic mass is 9.83. The average Bonchev–Trinajstić information content (AvgIpc) is 2.67. The van der Waals surface area contributed by atoms with Gasteiger partial charge in [0.25, 0.3) is 0 Å². The number of halogens is 1. The largest absolute Gasteiger partial charge is 0.358 e. The minimum Gasteiger partial charge on any atom is -0.358 e. The van der Waals surface area contributed by atoms with Gasteiger partial charge in [-0.25, -0.2) is 12.8 Å². The molecule has 0 unspecified atom stereocenters. The number of fused-ring (bicyclic) bond motifs is 1. The van der Waals surface area contributed by atoms with Crippen LogP contribution in [0.2, 0.25) is 0 Å². The third-order valence-electron chi connectivity index (χ3n) is 4.92. The molecule has 0 saturated heterocycles. The maximum absolute atomic E-state index is 13.4. The lowest BCUT2D eigenvalue weighted by Gasteiger charge is -2.26. The van der Waals surface area contributed by atoms with Crippen LogP contribution in [0.1, 0.15) is 29.9 Å². The van der Waals surface area contributed by atoms with Crippen LogP contribution in [0.15, 0.2) is 52.3 Å². The van der Waals surface area contributed by atoms with Crippen LogP contribution in [0.5, 0.6) is 0 Å². The van der Waals surface area contributed by atoms with Gasteiger partial charge < -0.3 is 10.6 Å². The Morgan fingerprint density at radius 1 is 1.19 bits per heavy atom. The van der Waals surface area contributed by atoms with Crippen LogP contribution in [-0.2, 0) is 21.1 Å². The van der Waals surface area contributed by atoms with Crippen molar-refractivity contribution in [3.05, 3.63) is 59.4 Å². The molecule has 2 aromatic carbocycles. The Kier molecular flexibility index (Phi) is 5.92. The molecule has 0 heterocycles. The minimum absolute atomic E-state index is 0.0398. The fourth-order valence-electron chi connectivity index (χ4n) is 3.49. The summed E-state index contributed by atoms with van der Waals surface area (Å²) in [6.45, 7) is 0.921. The second kappa shape index (κ2) is 8.19. The summed E-state index contributed by atoms with van der Waals surface area (Å²) in [5, 5.41) is 5.72. The van der Waals surface area contributed by atoms with Gasteiger partial charge in [0.1, 0.15) is 5.82 Å². The summed E-state index contributed by atoms with van der Waals surface area (Å²) in [4.78, 5) is 11.5. The molecule has 0 bridgehead atoms. The molecule has 1 amide bonds. The summed E-state index contributed by atoms with van der Waals surface area (Å²) in [5.74, 6) is -0.400. The van der Waals surface area contributed by atoms with Crippen LogP contribution in [-0.4, -0.2) is 34.5 Å². The highest BCUT2D eigenvalue weighted by Gasteiger charge is 2.24. The van der Waals surface area contributed by atoms with Gasteiger partial charge in [-0.05, 0) is 66.6 Å². The first-order chi connectivity index (χ1) is 12.9. The number of nitrogens with one attached hydrogen (secondary N) is 2. The Balaban J connectivity index is 1.83. The van der Waals surface area contributed by atoms with Gasteiger partial charge in [0.05, 0.1) is 16.3 Å². The number of hydrogen-bond donors (Lipinski definition) is 2. The van der Waals surface area contributed by atoms with Crippen molar-refractivity contribution in [2.75, 3.05) is 20.1 Å². The van der Waals surface area contributed by atoms with Crippen molar-refractivity contribution in [3.63, 3.8) is 0 Å². The van der Waals surface area contributed by atoms with E-state index in [1.54, 1.807) is 19.2 Å². The Bertz CT molecular complexity index is 944. The molecule has 27 heavy (non-hydrogen) atoms. The molecule has 2 aromatic rings. The van der Waals surface area contributed by atoms with Crippen molar-refractivity contribution in [1.82, 2.24) is 10.6 Å². The molecule has 0 spiro atoms. The number of aryl methyl sites for hydroxylation is 1. The van der Waals surface area contributed by atoms with Gasteiger partial charge in [0.2, 0.25) is 15.7 Å². The highest BCUT2D eigenvalue weighted by molar-refractivity contribution is 7.91. The predicted octanol–water partition coefficient (Wildman–Crippen LogP) is 2.41. The topological polar surface area (TPSA) is 75.3 Å². The monoisotopic (exact) mass is 390 g/mol. The molecule has 0 aliphatic heterocycles. The Morgan fingerprint density at radius 2 is 1.96 bits per heavy atom. The summed E-state index contributed by atoms with van der Waals surface area (Å²) in [6.07, 6.45) is 2.76. The number of benzene rings is 2. The zero-order valence-electron chi connectivity index (χ0n) is 15.2. The maximum Gasteiger partial charge on any atom is 0.233 e. The van der Waals surface area contributed by atoms with Crippen molar-refractivity contribution < 1.29 is 17.6 Å². The molecule has 5 nitrogen and oxygen atoms in total. The van der Waals surface area contributed by atoms with Gasteiger partial charge >= 0.3 is 0 Å². The maximum atomic E-state index is 13.4. The van der Waals surface area contributed by atoms with E-state index in [0.29, 0.717) is 6.54 Å². The zero-order valence-corrected chi connectivity index (χ0v) is 16.0. The Labute approximate surface area is 158 Å². The smallest absolute Gasteiger partial charge is 0.233 e. The fourth-order valence-corrected chi connectivity index (χ4v) is 4.83. The van der Waals surface area contributed by atoms with Crippen molar-refractivity contribution in [3.8, 4) is 0 Å². The number of amides is 1. The molecule has 3 rings (SSSR count). The van der Waals surface area contributed by atoms with Gasteiger partial charge in [-0.1, -0.05) is 12.1 Å². The molecule has 0 radical (unpaired) electrons. The van der Waals surface area contributed by atoms with E-state index in [0.717, 1.165) is 36.5 Å². The molecule has 0 saturated carbocycles. The highest BCUT2D eigenvalue weighted by Crippen LogP contribution is 2.33. The fraction of sp³-hybridized carbons (Fsp3) is 0.350. The minimum atomic E-state index is -3.75. The zero-order chi connectivity index (χ0) is 19.4. The number of carbonyl (C=O) groups excluding carboxylic acids is 1. The molecular formula is C20H23FN2O3S. The van der Waals surface area contributed by atoms with Crippen LogP contribution < -0.4 is 10.6 Å². The summed E-state index contributed by atoms with van der Waals surface area (Å²) in [5.41, 5.74) is 2.12. The molecule has 1 atom stereocenters. The van der Waals surface area contributed by atoms with Crippen molar-refractivity contribution >= 4 is 15.7 Å². The van der Waals surface area contributed by atoms with Crippen LogP contribution in [0, 0.1) is 5.82 Å². The van der Waals surface area contributed by atoms with Gasteiger partial charge in [0, 0.05) is 13.6 Å². The number of carbonyl (C=O) groups is 1. The Hall–Kier alpha value is -2.25. The summed E-state index contributed by atoms with van der Waals surface area (Å²) in [6, 6.07) is 10.2. The molecule has 144 valence electrons. The molecule has 2 N–H and O–H groups in total. The van der Waals surface area contributed by atoms with E-state index >= 15 is 0 Å². The van der Waals surface area contributed by atoms with Gasteiger partial charge in [-0.2, -0.15) is 0 Å². The van der Waals surface area contributed by atoms with Crippen LogP contribution in [0.4, 0.5) is 4.39 Å². The molecule has 0 aromatic heterocycles. The molecule has 1 aliphatic rings. The first kappa shape index (κ1) is 19.5. The lowest BCUT2D eigenvalue weighted by Crippen LogP contribution is -2.34. The summed E-state index contributed by atoms with van der Waals surface area (Å²) >= 11 is 0. The average molecular weight is 390 g/mol. The standard InChI is InChI=1S/C20H23FN2O3S/c1-22-20(24)13-23-12-15-5-2-4-14-10-18(8-9-19(14)15)27(25,26)17-7-3-6-16(21)11-17/h3,6-11,15,23H,2,4-5,12-13H2,1H3,(H,22,24)/t15-/m0/s1. The molecular weight excluding hydrogens is 367 g/mol.